The summed E-state index contributed by atoms with van der Waals surface area (Å²) in [6.45, 7) is 3.13. The van der Waals surface area contributed by atoms with Crippen molar-refractivity contribution < 1.29 is 17.9 Å². The number of nitrogens with one attached hydrogen (secondary N) is 2. The molecule has 0 bridgehead atoms. The second-order valence-electron chi connectivity index (χ2n) is 8.06. The average Bonchev–Trinajstić information content (AvgIpc) is 3.36. The number of likely N-dealkylation sites (tertiary alicyclic amines) is 1. The van der Waals surface area contributed by atoms with Crippen LogP contribution in [0.2, 0.25) is 9.36 Å². The molecule has 0 unspecified atom stereocenters. The Labute approximate surface area is 212 Å². The summed E-state index contributed by atoms with van der Waals surface area (Å²) >= 11 is 13.6. The molecule has 7 nitrogen and oxygen atoms in total. The van der Waals surface area contributed by atoms with E-state index in [4.69, 9.17) is 27.9 Å². The maximum Gasteiger partial charge on any atom is 0.271 e. The molecule has 34 heavy (non-hydrogen) atoms. The van der Waals surface area contributed by atoms with Gasteiger partial charge in [0.25, 0.3) is 10.0 Å². The number of hydrogen-bond donors (Lipinski definition) is 2. The smallest absolute Gasteiger partial charge is 0.271 e. The summed E-state index contributed by atoms with van der Waals surface area (Å²) in [5.41, 5.74) is 2.18. The molecule has 0 aliphatic carbocycles. The molecule has 1 saturated heterocycles. The van der Waals surface area contributed by atoms with Gasteiger partial charge in [-0.15, -0.1) is 11.3 Å². The van der Waals surface area contributed by atoms with E-state index in [2.05, 4.69) is 14.9 Å². The number of anilines is 2. The molecule has 1 atom stereocenters. The second kappa shape index (κ2) is 10.1. The number of halogens is 2. The van der Waals surface area contributed by atoms with Crippen molar-refractivity contribution in [1.29, 1.82) is 0 Å². The fraction of sp³-hybridized carbons (Fsp3) is 0.261. The highest BCUT2D eigenvalue weighted by atomic mass is 35.5. The third-order valence-electron chi connectivity index (χ3n) is 5.25. The van der Waals surface area contributed by atoms with Gasteiger partial charge in [0.15, 0.2) is 0 Å². The van der Waals surface area contributed by atoms with Crippen LogP contribution in [0.4, 0.5) is 11.4 Å². The molecule has 1 amide bonds. The molecule has 180 valence electrons. The summed E-state index contributed by atoms with van der Waals surface area (Å²) in [5.74, 6) is 0.231. The molecule has 3 aromatic rings. The Kier molecular flexibility index (Phi) is 7.39. The number of benzene rings is 2. The first-order valence-electron chi connectivity index (χ1n) is 10.5. The summed E-state index contributed by atoms with van der Waals surface area (Å²) in [6.07, 6.45) is 0.879. The fourth-order valence-corrected chi connectivity index (χ4v) is 6.65. The molecule has 1 fully saturated rings. The molecule has 0 radical (unpaired) electrons. The topological polar surface area (TPSA) is 87.7 Å². The molecule has 1 aromatic heterocycles. The minimum absolute atomic E-state index is 0.00118. The average molecular weight is 540 g/mol. The van der Waals surface area contributed by atoms with Crippen molar-refractivity contribution in [2.24, 2.45) is 0 Å². The van der Waals surface area contributed by atoms with Crippen LogP contribution in [0, 0.1) is 0 Å². The Morgan fingerprint density at radius 2 is 1.94 bits per heavy atom. The molecule has 2 aromatic carbocycles. The van der Waals surface area contributed by atoms with Crippen LogP contribution < -0.4 is 14.8 Å². The normalized spacial score (nSPS) is 16.4. The van der Waals surface area contributed by atoms with Crippen molar-refractivity contribution in [3.05, 3.63) is 57.9 Å². The van der Waals surface area contributed by atoms with E-state index in [0.717, 1.165) is 30.8 Å². The summed E-state index contributed by atoms with van der Waals surface area (Å²) < 4.78 is 35.2. The number of thiophene rings is 1. The largest absolute Gasteiger partial charge is 0.487 e. The van der Waals surface area contributed by atoms with E-state index in [1.807, 2.05) is 7.05 Å². The maximum atomic E-state index is 13.1. The minimum atomic E-state index is -3.91. The zero-order valence-electron chi connectivity index (χ0n) is 18.5. The van der Waals surface area contributed by atoms with E-state index in [1.165, 1.54) is 13.0 Å². The molecular formula is C23H23Cl2N3O4S2. The van der Waals surface area contributed by atoms with Crippen molar-refractivity contribution in [3.8, 4) is 16.9 Å². The van der Waals surface area contributed by atoms with Gasteiger partial charge in [-0.3, -0.25) is 9.52 Å². The van der Waals surface area contributed by atoms with Crippen LogP contribution in [-0.2, 0) is 14.8 Å². The van der Waals surface area contributed by atoms with Crippen LogP contribution >= 0.6 is 34.5 Å². The number of rotatable bonds is 7. The lowest BCUT2D eigenvalue weighted by molar-refractivity contribution is -0.114. The van der Waals surface area contributed by atoms with Crippen molar-refractivity contribution in [1.82, 2.24) is 4.90 Å². The summed E-state index contributed by atoms with van der Waals surface area (Å²) in [7, 11) is -1.89. The molecule has 2 N–H and O–H groups in total. The number of nitrogens with zero attached hydrogens (tertiary/aromatic N) is 1. The maximum absolute atomic E-state index is 13.1. The van der Waals surface area contributed by atoms with E-state index in [-0.39, 0.29) is 16.2 Å². The van der Waals surface area contributed by atoms with E-state index >= 15 is 0 Å². The quantitative estimate of drug-likeness (QED) is 0.410. The summed E-state index contributed by atoms with van der Waals surface area (Å²) in [4.78, 5) is 13.5. The number of carbonyl (C=O) groups excluding carboxylic acids is 1. The van der Waals surface area contributed by atoms with Gasteiger partial charge in [0.2, 0.25) is 5.91 Å². The fourth-order valence-electron chi connectivity index (χ4n) is 3.68. The summed E-state index contributed by atoms with van der Waals surface area (Å²) in [5, 5.41) is 3.12. The standard InChI is InChI=1S/C23H23Cl2N3O4S2/c1-14(29)26-16-5-3-4-15(10-16)19-12-22(33-23(19)25)34(30,31)27-17-6-7-20(24)21(11-17)32-18-8-9-28(2)13-18/h3-7,10-12,18,27H,8-9,13H2,1-2H3,(H,26,29)/t18-/m1/s1. The number of ether oxygens (including phenoxy) is 1. The Bertz CT molecular complexity index is 1330. The number of likely N-dealkylation sites (N-methyl/N-ethyl adjacent to an activating group) is 1. The van der Waals surface area contributed by atoms with Crippen LogP contribution in [-0.4, -0.2) is 45.5 Å². The Morgan fingerprint density at radius 1 is 1.15 bits per heavy atom. The van der Waals surface area contributed by atoms with Crippen LogP contribution in [0.5, 0.6) is 5.75 Å². The number of carbonyl (C=O) groups is 1. The molecule has 1 aliphatic rings. The van der Waals surface area contributed by atoms with E-state index in [1.54, 1.807) is 42.5 Å². The Morgan fingerprint density at radius 3 is 2.65 bits per heavy atom. The Hall–Kier alpha value is -2.30. The van der Waals surface area contributed by atoms with Crippen molar-refractivity contribution in [2.75, 3.05) is 30.2 Å². The minimum Gasteiger partial charge on any atom is -0.487 e. The van der Waals surface area contributed by atoms with Gasteiger partial charge in [-0.2, -0.15) is 0 Å². The predicted molar refractivity (Wildman–Crippen MR) is 138 cm³/mol. The van der Waals surface area contributed by atoms with E-state index < -0.39 is 10.0 Å². The lowest BCUT2D eigenvalue weighted by Gasteiger charge is -2.16. The van der Waals surface area contributed by atoms with Gasteiger partial charge in [-0.25, -0.2) is 8.42 Å². The molecule has 0 spiro atoms. The third kappa shape index (κ3) is 5.84. The van der Waals surface area contributed by atoms with E-state index in [0.29, 0.717) is 37.6 Å². The zero-order valence-corrected chi connectivity index (χ0v) is 21.6. The Balaban J connectivity index is 1.56. The lowest BCUT2D eigenvalue weighted by Crippen LogP contribution is -2.21. The predicted octanol–water partition coefficient (Wildman–Crippen LogP) is 5.56. The highest BCUT2D eigenvalue weighted by Gasteiger charge is 2.24. The molecule has 0 saturated carbocycles. The van der Waals surface area contributed by atoms with Gasteiger partial charge < -0.3 is 15.0 Å². The van der Waals surface area contributed by atoms with Crippen LogP contribution in [0.25, 0.3) is 11.1 Å². The highest BCUT2D eigenvalue weighted by Crippen LogP contribution is 2.39. The number of hydrogen-bond acceptors (Lipinski definition) is 6. The second-order valence-corrected chi connectivity index (χ2v) is 12.0. The van der Waals surface area contributed by atoms with Crippen LogP contribution in [0.1, 0.15) is 13.3 Å². The molecule has 2 heterocycles. The lowest BCUT2D eigenvalue weighted by atomic mass is 10.1. The van der Waals surface area contributed by atoms with Crippen molar-refractivity contribution >= 4 is 61.8 Å². The monoisotopic (exact) mass is 539 g/mol. The highest BCUT2D eigenvalue weighted by molar-refractivity contribution is 7.94. The van der Waals surface area contributed by atoms with Crippen molar-refractivity contribution in [2.45, 2.75) is 23.7 Å². The number of amides is 1. The molecule has 1 aliphatic heterocycles. The first-order valence-corrected chi connectivity index (χ1v) is 13.5. The molecule has 4 rings (SSSR count). The SMILES string of the molecule is CC(=O)Nc1cccc(-c2cc(S(=O)(=O)Nc3ccc(Cl)c(O[C@@H]4CCN(C)C4)c3)sc2Cl)c1. The summed E-state index contributed by atoms with van der Waals surface area (Å²) in [6, 6.07) is 13.3. The van der Waals surface area contributed by atoms with Gasteiger partial charge >= 0.3 is 0 Å². The third-order valence-corrected chi connectivity index (χ3v) is 8.77. The van der Waals surface area contributed by atoms with Gasteiger partial charge in [0.1, 0.15) is 20.4 Å². The van der Waals surface area contributed by atoms with Gasteiger partial charge in [-0.05, 0) is 49.4 Å². The van der Waals surface area contributed by atoms with Gasteiger partial charge in [0.05, 0.1) is 10.7 Å². The van der Waals surface area contributed by atoms with Crippen LogP contribution in [0.15, 0.2) is 52.7 Å². The van der Waals surface area contributed by atoms with Crippen LogP contribution in [0.3, 0.4) is 0 Å². The van der Waals surface area contributed by atoms with E-state index in [9.17, 15) is 13.2 Å². The zero-order chi connectivity index (χ0) is 24.5. The molecule has 11 heteroatoms. The van der Waals surface area contributed by atoms with Gasteiger partial charge in [0, 0.05) is 37.3 Å². The first-order chi connectivity index (χ1) is 16.1. The molecular weight excluding hydrogens is 517 g/mol. The van der Waals surface area contributed by atoms with Crippen molar-refractivity contribution in [3.63, 3.8) is 0 Å². The number of sulfonamides is 1. The van der Waals surface area contributed by atoms with Gasteiger partial charge in [-0.1, -0.05) is 35.3 Å². The first kappa shape index (κ1) is 24.8.